The van der Waals surface area contributed by atoms with Crippen molar-refractivity contribution in [1.29, 1.82) is 0 Å². The quantitative estimate of drug-likeness (QED) is 0.474. The Balaban J connectivity index is 1.34. The average molecular weight is 393 g/mol. The minimum atomic E-state index is 0.00278. The van der Waals surface area contributed by atoms with Gasteiger partial charge in [0.15, 0.2) is 0 Å². The van der Waals surface area contributed by atoms with Crippen molar-refractivity contribution in [1.82, 2.24) is 14.9 Å². The molecule has 0 aromatic carbocycles. The van der Waals surface area contributed by atoms with Gasteiger partial charge >= 0.3 is 0 Å². The Labute approximate surface area is 171 Å². The van der Waals surface area contributed by atoms with Gasteiger partial charge in [-0.3, -0.25) is 14.6 Å². The smallest absolute Gasteiger partial charge is 0.246 e. The lowest BCUT2D eigenvalue weighted by Gasteiger charge is -2.24. The van der Waals surface area contributed by atoms with Gasteiger partial charge < -0.3 is 10.2 Å². The Bertz CT molecular complexity index is 864. The van der Waals surface area contributed by atoms with Gasteiger partial charge in [-0.2, -0.15) is 5.10 Å². The summed E-state index contributed by atoms with van der Waals surface area (Å²) in [7, 11) is 0. The van der Waals surface area contributed by atoms with E-state index >= 15 is 0 Å². The maximum absolute atomic E-state index is 12.7. The molecule has 0 bridgehead atoms. The molecule has 2 unspecified atom stereocenters. The molecular weight excluding hydrogens is 366 g/mol. The first-order chi connectivity index (χ1) is 14.1. The van der Waals surface area contributed by atoms with Crippen LogP contribution in [-0.2, 0) is 16.0 Å². The summed E-state index contributed by atoms with van der Waals surface area (Å²) in [6, 6.07) is 2.38. The molecule has 3 aliphatic rings. The maximum Gasteiger partial charge on any atom is 0.246 e. The third kappa shape index (κ3) is 4.09. The van der Waals surface area contributed by atoms with Crippen LogP contribution < -0.4 is 5.32 Å². The number of carbonyl (C=O) groups is 2. The van der Waals surface area contributed by atoms with E-state index in [0.29, 0.717) is 36.5 Å². The second kappa shape index (κ2) is 8.19. The average Bonchev–Trinajstić information content (AvgIpc) is 3.29. The van der Waals surface area contributed by atoms with E-state index in [4.69, 9.17) is 0 Å². The van der Waals surface area contributed by atoms with E-state index in [2.05, 4.69) is 22.0 Å². The highest BCUT2D eigenvalue weighted by atomic mass is 16.2. The van der Waals surface area contributed by atoms with Crippen molar-refractivity contribution in [2.45, 2.75) is 38.6 Å². The third-order valence-electron chi connectivity index (χ3n) is 6.13. The number of aryl methyl sites for hydroxylation is 1. The fraction of sp³-hybridized carbons (Fsp3) is 0.455. The number of hydrazone groups is 1. The van der Waals surface area contributed by atoms with Gasteiger partial charge in [-0.05, 0) is 61.3 Å². The van der Waals surface area contributed by atoms with Crippen LogP contribution in [-0.4, -0.2) is 52.1 Å². The second-order valence-corrected chi connectivity index (χ2v) is 7.98. The lowest BCUT2D eigenvalue weighted by molar-refractivity contribution is -0.125. The summed E-state index contributed by atoms with van der Waals surface area (Å²) in [6.07, 6.45) is 12.0. The van der Waals surface area contributed by atoms with Crippen LogP contribution in [0.15, 0.2) is 36.2 Å². The molecule has 29 heavy (non-hydrogen) atoms. The number of pyridine rings is 1. The van der Waals surface area contributed by atoms with E-state index in [9.17, 15) is 9.59 Å². The van der Waals surface area contributed by atoms with Crippen LogP contribution in [0.1, 0.15) is 37.3 Å². The number of nitrogens with one attached hydrogen (secondary N) is 1. The lowest BCUT2D eigenvalue weighted by Crippen LogP contribution is -2.31. The molecule has 2 aliphatic heterocycles. The fourth-order valence-corrected chi connectivity index (χ4v) is 4.73. The van der Waals surface area contributed by atoms with Gasteiger partial charge in [0.2, 0.25) is 11.8 Å². The van der Waals surface area contributed by atoms with Crippen molar-refractivity contribution in [2.75, 3.05) is 18.4 Å². The minimum absolute atomic E-state index is 0.00278. The topological polar surface area (TPSA) is 77.9 Å². The zero-order valence-corrected chi connectivity index (χ0v) is 16.8. The lowest BCUT2D eigenvalue weighted by atomic mass is 10.0. The second-order valence-electron chi connectivity index (χ2n) is 7.98. The maximum atomic E-state index is 12.7. The van der Waals surface area contributed by atoms with E-state index in [1.54, 1.807) is 24.7 Å². The highest BCUT2D eigenvalue weighted by Gasteiger charge is 2.43. The number of likely N-dealkylation sites (tertiary alicyclic amines) is 1. The molecule has 4 rings (SSSR count). The number of aromatic nitrogens is 1. The number of fused-ring (bicyclic) bond motifs is 2. The first-order valence-electron chi connectivity index (χ1n) is 10.2. The standard InChI is InChI=1S/C22H27N5O2/c1-3-24-27(4-2)19-10-17-13-26(14-18(17)11-19)21(29)8-5-15-9-16-6-7-20(28)25-22(16)23-12-15/h3-5,8-9,12,17-19H,2,6-7,10-11,13-14H2,1H3,(H,23,25,28)/b8-5+,24-3-. The highest BCUT2D eigenvalue weighted by Crippen LogP contribution is 2.40. The Hall–Kier alpha value is -2.96. The van der Waals surface area contributed by atoms with Crippen LogP contribution >= 0.6 is 0 Å². The van der Waals surface area contributed by atoms with E-state index in [1.165, 1.54) is 0 Å². The first kappa shape index (κ1) is 19.4. The first-order valence-corrected chi connectivity index (χ1v) is 10.2. The number of anilines is 1. The largest absolute Gasteiger partial charge is 0.339 e. The van der Waals surface area contributed by atoms with Gasteiger partial charge in [0.1, 0.15) is 5.82 Å². The highest BCUT2D eigenvalue weighted by molar-refractivity contribution is 5.94. The normalized spacial score (nSPS) is 25.9. The number of hydrogen-bond donors (Lipinski definition) is 1. The minimum Gasteiger partial charge on any atom is -0.339 e. The van der Waals surface area contributed by atoms with Gasteiger partial charge in [-0.1, -0.05) is 6.58 Å². The summed E-state index contributed by atoms with van der Waals surface area (Å²) in [6.45, 7) is 7.38. The van der Waals surface area contributed by atoms with E-state index in [-0.39, 0.29) is 11.8 Å². The van der Waals surface area contributed by atoms with Crippen molar-refractivity contribution in [2.24, 2.45) is 16.9 Å². The fourth-order valence-electron chi connectivity index (χ4n) is 4.73. The van der Waals surface area contributed by atoms with Gasteiger partial charge in [0.05, 0.1) is 6.04 Å². The van der Waals surface area contributed by atoms with Crippen LogP contribution in [0.4, 0.5) is 5.82 Å². The predicted octanol–water partition coefficient (Wildman–Crippen LogP) is 2.67. The molecule has 1 aromatic rings. The Morgan fingerprint density at radius 2 is 2.10 bits per heavy atom. The third-order valence-corrected chi connectivity index (χ3v) is 6.13. The van der Waals surface area contributed by atoms with Crippen molar-refractivity contribution < 1.29 is 9.59 Å². The van der Waals surface area contributed by atoms with Gasteiger partial charge in [-0.25, -0.2) is 4.98 Å². The van der Waals surface area contributed by atoms with Crippen molar-refractivity contribution in [3.05, 3.63) is 42.2 Å². The molecule has 1 aromatic heterocycles. The van der Waals surface area contributed by atoms with Crippen LogP contribution in [0.5, 0.6) is 0 Å². The molecule has 1 saturated heterocycles. The molecule has 1 aliphatic carbocycles. The van der Waals surface area contributed by atoms with Crippen molar-refractivity contribution in [3.63, 3.8) is 0 Å². The number of carbonyl (C=O) groups excluding carboxylic acids is 2. The molecule has 1 N–H and O–H groups in total. The summed E-state index contributed by atoms with van der Waals surface area (Å²) in [4.78, 5) is 30.4. The molecule has 7 heteroatoms. The summed E-state index contributed by atoms with van der Waals surface area (Å²) in [5.41, 5.74) is 1.90. The van der Waals surface area contributed by atoms with E-state index in [0.717, 1.165) is 37.1 Å². The molecule has 0 radical (unpaired) electrons. The van der Waals surface area contributed by atoms with Crippen molar-refractivity contribution >= 4 is 29.9 Å². The van der Waals surface area contributed by atoms with Gasteiger partial charge in [-0.15, -0.1) is 0 Å². The Morgan fingerprint density at radius 1 is 1.34 bits per heavy atom. The van der Waals surface area contributed by atoms with Crippen molar-refractivity contribution in [3.8, 4) is 0 Å². The number of nitrogens with zero attached hydrogens (tertiary/aromatic N) is 4. The molecule has 2 atom stereocenters. The van der Waals surface area contributed by atoms with Crippen LogP contribution in [0.3, 0.4) is 0 Å². The zero-order chi connectivity index (χ0) is 20.4. The Morgan fingerprint density at radius 3 is 2.79 bits per heavy atom. The molecule has 0 spiro atoms. The molecular formula is C22H27N5O2. The molecule has 152 valence electrons. The van der Waals surface area contributed by atoms with Gasteiger partial charge in [0.25, 0.3) is 0 Å². The molecule has 7 nitrogen and oxygen atoms in total. The van der Waals surface area contributed by atoms with E-state index in [1.807, 2.05) is 29.0 Å². The van der Waals surface area contributed by atoms with Crippen LogP contribution in [0.2, 0.25) is 0 Å². The van der Waals surface area contributed by atoms with Crippen LogP contribution in [0, 0.1) is 11.8 Å². The number of amides is 2. The summed E-state index contributed by atoms with van der Waals surface area (Å²) in [5, 5.41) is 9.10. The number of rotatable bonds is 5. The zero-order valence-electron chi connectivity index (χ0n) is 16.8. The Kier molecular flexibility index (Phi) is 5.47. The predicted molar refractivity (Wildman–Crippen MR) is 113 cm³/mol. The molecule has 2 amide bonds. The van der Waals surface area contributed by atoms with Crippen LogP contribution in [0.25, 0.3) is 6.08 Å². The molecule has 2 fully saturated rings. The van der Waals surface area contributed by atoms with Gasteiger partial charge in [0, 0.05) is 44.2 Å². The SMILES string of the molecule is C=CN(/N=C\C)C1CC2CN(C(=O)/C=C/c3cnc4c(c3)CCC(=O)N4)CC2C1. The molecule has 3 heterocycles. The summed E-state index contributed by atoms with van der Waals surface area (Å²) in [5.74, 6) is 1.74. The summed E-state index contributed by atoms with van der Waals surface area (Å²) >= 11 is 0. The van der Waals surface area contributed by atoms with E-state index < -0.39 is 0 Å². The summed E-state index contributed by atoms with van der Waals surface area (Å²) < 4.78 is 0. The monoisotopic (exact) mass is 393 g/mol. The number of hydrogen-bond acceptors (Lipinski definition) is 5. The molecule has 1 saturated carbocycles.